The first kappa shape index (κ1) is 19.8. The third-order valence-electron chi connectivity index (χ3n) is 5.29. The molecule has 30 heavy (non-hydrogen) atoms. The first-order valence-corrected chi connectivity index (χ1v) is 9.89. The quantitative estimate of drug-likeness (QED) is 0.424. The van der Waals surface area contributed by atoms with E-state index in [0.717, 1.165) is 43.0 Å². The summed E-state index contributed by atoms with van der Waals surface area (Å²) in [6.45, 7) is 0. The van der Waals surface area contributed by atoms with Crippen LogP contribution in [-0.4, -0.2) is 32.9 Å². The summed E-state index contributed by atoms with van der Waals surface area (Å²) in [7, 11) is 0. The summed E-state index contributed by atoms with van der Waals surface area (Å²) in [5, 5.41) is 6.15. The fourth-order valence-electron chi connectivity index (χ4n) is 3.69. The highest BCUT2D eigenvalue weighted by atomic mass is 19.1. The largest absolute Gasteiger partial charge is 0.365 e. The molecule has 1 amide bonds. The first-order valence-electron chi connectivity index (χ1n) is 9.89. The molecule has 0 aromatic carbocycles. The number of primary amides is 1. The van der Waals surface area contributed by atoms with Crippen LogP contribution in [0.4, 0.5) is 21.7 Å². The lowest BCUT2D eigenvalue weighted by Crippen LogP contribution is -2.43. The van der Waals surface area contributed by atoms with E-state index in [1.807, 2.05) is 24.4 Å². The number of anilines is 3. The van der Waals surface area contributed by atoms with Crippen LogP contribution in [0.1, 0.15) is 36.0 Å². The topological polar surface area (TPSA) is 135 Å². The Bertz CT molecular complexity index is 1040. The molecule has 1 aliphatic carbocycles. The van der Waals surface area contributed by atoms with Gasteiger partial charge in [0, 0.05) is 35.7 Å². The second-order valence-electron chi connectivity index (χ2n) is 7.45. The van der Waals surface area contributed by atoms with Gasteiger partial charge in [-0.25, -0.2) is 9.37 Å². The lowest BCUT2D eigenvalue weighted by Gasteiger charge is -2.30. The summed E-state index contributed by atoms with van der Waals surface area (Å²) in [5.74, 6) is -1.23. The molecule has 2 atom stereocenters. The molecule has 1 saturated carbocycles. The van der Waals surface area contributed by atoms with E-state index in [4.69, 9.17) is 11.5 Å². The van der Waals surface area contributed by atoms with Crippen LogP contribution in [0.5, 0.6) is 0 Å². The molecule has 9 heteroatoms. The second-order valence-corrected chi connectivity index (χ2v) is 7.45. The Morgan fingerprint density at radius 2 is 2.03 bits per heavy atom. The van der Waals surface area contributed by atoms with E-state index in [1.54, 1.807) is 12.4 Å². The van der Waals surface area contributed by atoms with Crippen molar-refractivity contribution in [1.82, 2.24) is 15.0 Å². The predicted octanol–water partition coefficient (Wildman–Crippen LogP) is 3.14. The smallest absolute Gasteiger partial charge is 0.252 e. The lowest BCUT2D eigenvalue weighted by atomic mass is 9.91. The minimum absolute atomic E-state index is 0.0401. The van der Waals surface area contributed by atoms with Crippen molar-refractivity contribution in [2.24, 2.45) is 11.5 Å². The van der Waals surface area contributed by atoms with Crippen molar-refractivity contribution in [3.05, 3.63) is 54.2 Å². The molecule has 0 spiro atoms. The molecule has 0 saturated heterocycles. The van der Waals surface area contributed by atoms with Gasteiger partial charge in [-0.3, -0.25) is 9.78 Å². The van der Waals surface area contributed by atoms with Crippen molar-refractivity contribution < 1.29 is 9.18 Å². The van der Waals surface area contributed by atoms with Crippen molar-refractivity contribution in [2.75, 3.05) is 10.6 Å². The van der Waals surface area contributed by atoms with Crippen LogP contribution in [0.2, 0.25) is 0 Å². The Balaban J connectivity index is 1.64. The standard InChI is InChI=1S/C21H24FN7O/c22-15-9-14(19(24)30)20(29-21(15)28-18-5-2-1-4-16(18)23)27-13-8-12(10-25-11-13)17-6-3-7-26-17/h3,6-11,16,18,26H,1-2,4-5,23H2,(H2,24,30)(H2,27,28,29). The Morgan fingerprint density at radius 3 is 2.77 bits per heavy atom. The molecule has 3 heterocycles. The number of hydrogen-bond acceptors (Lipinski definition) is 6. The van der Waals surface area contributed by atoms with Gasteiger partial charge in [-0.2, -0.15) is 0 Å². The maximum Gasteiger partial charge on any atom is 0.252 e. The van der Waals surface area contributed by atoms with Gasteiger partial charge in [0.1, 0.15) is 5.82 Å². The molecule has 8 nitrogen and oxygen atoms in total. The normalized spacial score (nSPS) is 18.7. The highest BCUT2D eigenvalue weighted by Crippen LogP contribution is 2.28. The Morgan fingerprint density at radius 1 is 1.20 bits per heavy atom. The fraction of sp³-hybridized carbons (Fsp3) is 0.286. The van der Waals surface area contributed by atoms with E-state index >= 15 is 0 Å². The second kappa shape index (κ2) is 8.50. The van der Waals surface area contributed by atoms with Crippen LogP contribution in [0.3, 0.4) is 0 Å². The van der Waals surface area contributed by atoms with Gasteiger partial charge in [0.2, 0.25) is 0 Å². The fourth-order valence-corrected chi connectivity index (χ4v) is 3.69. The average molecular weight is 409 g/mol. The Hall–Kier alpha value is -3.46. The van der Waals surface area contributed by atoms with Gasteiger partial charge in [0.15, 0.2) is 11.6 Å². The van der Waals surface area contributed by atoms with Gasteiger partial charge >= 0.3 is 0 Å². The number of carbonyl (C=O) groups is 1. The number of rotatable bonds is 6. The number of nitrogens with one attached hydrogen (secondary N) is 3. The van der Waals surface area contributed by atoms with E-state index in [-0.39, 0.29) is 29.3 Å². The minimum Gasteiger partial charge on any atom is -0.365 e. The monoisotopic (exact) mass is 409 g/mol. The van der Waals surface area contributed by atoms with E-state index in [2.05, 4.69) is 25.6 Å². The maximum absolute atomic E-state index is 14.6. The third-order valence-corrected chi connectivity index (χ3v) is 5.29. The van der Waals surface area contributed by atoms with Crippen molar-refractivity contribution >= 4 is 23.2 Å². The van der Waals surface area contributed by atoms with Crippen LogP contribution in [-0.2, 0) is 0 Å². The highest BCUT2D eigenvalue weighted by Gasteiger charge is 2.24. The van der Waals surface area contributed by atoms with Crippen LogP contribution in [0, 0.1) is 5.82 Å². The predicted molar refractivity (Wildman–Crippen MR) is 114 cm³/mol. The first-order chi connectivity index (χ1) is 14.5. The summed E-state index contributed by atoms with van der Waals surface area (Å²) in [6, 6.07) is 6.59. The molecule has 4 rings (SSSR count). The number of hydrogen-bond donors (Lipinski definition) is 5. The van der Waals surface area contributed by atoms with Crippen molar-refractivity contribution in [3.63, 3.8) is 0 Å². The number of halogens is 1. The van der Waals surface area contributed by atoms with Gasteiger partial charge in [-0.1, -0.05) is 12.8 Å². The van der Waals surface area contributed by atoms with Crippen LogP contribution in [0.15, 0.2) is 42.9 Å². The molecule has 2 unspecified atom stereocenters. The van der Waals surface area contributed by atoms with Gasteiger partial charge in [0.25, 0.3) is 5.91 Å². The SMILES string of the molecule is NC(=O)c1cc(F)c(NC2CCCCC2N)nc1Nc1cncc(-c2ccc[nH]2)c1. The van der Waals surface area contributed by atoms with Crippen LogP contribution < -0.4 is 22.1 Å². The van der Waals surface area contributed by atoms with Gasteiger partial charge in [-0.05, 0) is 37.1 Å². The molecule has 0 aliphatic heterocycles. The summed E-state index contributed by atoms with van der Waals surface area (Å²) < 4.78 is 14.6. The summed E-state index contributed by atoms with van der Waals surface area (Å²) in [5.41, 5.74) is 13.9. The number of aromatic amines is 1. The number of aromatic nitrogens is 3. The zero-order chi connectivity index (χ0) is 21.1. The van der Waals surface area contributed by atoms with E-state index in [1.165, 1.54) is 0 Å². The number of amides is 1. The van der Waals surface area contributed by atoms with E-state index in [9.17, 15) is 9.18 Å². The molecule has 1 fully saturated rings. The molecule has 0 bridgehead atoms. The Kier molecular flexibility index (Phi) is 5.62. The van der Waals surface area contributed by atoms with Gasteiger partial charge in [-0.15, -0.1) is 0 Å². The summed E-state index contributed by atoms with van der Waals surface area (Å²) in [6.07, 6.45) is 8.91. The van der Waals surface area contributed by atoms with E-state index in [0.29, 0.717) is 5.69 Å². The molecule has 156 valence electrons. The van der Waals surface area contributed by atoms with E-state index < -0.39 is 11.7 Å². The molecule has 3 aromatic rings. The molecule has 1 aliphatic rings. The van der Waals surface area contributed by atoms with Crippen LogP contribution >= 0.6 is 0 Å². The summed E-state index contributed by atoms with van der Waals surface area (Å²) in [4.78, 5) is 23.5. The van der Waals surface area contributed by atoms with Crippen LogP contribution in [0.25, 0.3) is 11.3 Å². The molecule has 7 N–H and O–H groups in total. The van der Waals surface area contributed by atoms with Gasteiger partial charge in [0.05, 0.1) is 17.4 Å². The highest BCUT2D eigenvalue weighted by molar-refractivity contribution is 5.98. The number of nitrogens with zero attached hydrogens (tertiary/aromatic N) is 2. The number of pyridine rings is 2. The number of nitrogens with two attached hydrogens (primary N) is 2. The molecular formula is C21H24FN7O. The Labute approximate surface area is 173 Å². The van der Waals surface area contributed by atoms with Crippen molar-refractivity contribution in [1.29, 1.82) is 0 Å². The number of H-pyrrole nitrogens is 1. The lowest BCUT2D eigenvalue weighted by molar-refractivity contribution is 0.100. The van der Waals surface area contributed by atoms with Crippen molar-refractivity contribution in [3.8, 4) is 11.3 Å². The average Bonchev–Trinajstić information content (AvgIpc) is 3.27. The number of carbonyl (C=O) groups excluding carboxylic acids is 1. The minimum atomic E-state index is -0.779. The zero-order valence-electron chi connectivity index (χ0n) is 16.4. The molecule has 0 radical (unpaired) electrons. The molecular weight excluding hydrogens is 385 g/mol. The van der Waals surface area contributed by atoms with Gasteiger partial charge < -0.3 is 27.1 Å². The maximum atomic E-state index is 14.6. The summed E-state index contributed by atoms with van der Waals surface area (Å²) >= 11 is 0. The third kappa shape index (κ3) is 4.25. The molecule has 3 aromatic heterocycles. The zero-order valence-corrected chi connectivity index (χ0v) is 16.4. The van der Waals surface area contributed by atoms with Crippen molar-refractivity contribution in [2.45, 2.75) is 37.8 Å².